The molecule has 102 valence electrons. The van der Waals surface area contributed by atoms with Crippen molar-refractivity contribution in [3.05, 3.63) is 21.3 Å². The molecule has 1 saturated heterocycles. The Hall–Kier alpha value is -0.330. The van der Waals surface area contributed by atoms with Crippen LogP contribution >= 0.6 is 35.3 Å². The molecule has 1 fully saturated rings. The smallest absolute Gasteiger partial charge is 0.262 e. The molecule has 1 aromatic rings. The van der Waals surface area contributed by atoms with Crippen LogP contribution in [0.5, 0.6) is 0 Å². The number of nitrogens with one attached hydrogen (secondary N) is 2. The third-order valence-electron chi connectivity index (χ3n) is 2.94. The molecule has 1 aromatic heterocycles. The molecule has 1 aliphatic rings. The molecule has 1 aliphatic heterocycles. The zero-order valence-corrected chi connectivity index (χ0v) is 12.1. The average Bonchev–Trinajstić information content (AvgIpc) is 2.74. The number of aliphatic hydroxyl groups excluding tert-OH is 1. The summed E-state index contributed by atoms with van der Waals surface area (Å²) in [5.41, 5.74) is 0. The van der Waals surface area contributed by atoms with E-state index in [4.69, 9.17) is 11.6 Å². The summed E-state index contributed by atoms with van der Waals surface area (Å²) in [4.78, 5) is 12.3. The van der Waals surface area contributed by atoms with Crippen molar-refractivity contribution in [2.45, 2.75) is 12.5 Å². The molecular formula is C11H16Cl2N2O2S. The van der Waals surface area contributed by atoms with Crippen LogP contribution in [0, 0.1) is 5.92 Å². The van der Waals surface area contributed by atoms with Crippen molar-refractivity contribution in [1.29, 1.82) is 0 Å². The maximum atomic E-state index is 11.8. The van der Waals surface area contributed by atoms with Crippen LogP contribution < -0.4 is 10.6 Å². The molecule has 1 amide bonds. The van der Waals surface area contributed by atoms with Gasteiger partial charge in [0.25, 0.3) is 5.91 Å². The van der Waals surface area contributed by atoms with E-state index in [1.807, 2.05) is 0 Å². The highest BCUT2D eigenvalue weighted by molar-refractivity contribution is 7.12. The summed E-state index contributed by atoms with van der Waals surface area (Å²) < 4.78 is 0. The second kappa shape index (κ2) is 7.31. The second-order valence-corrected chi connectivity index (χ2v) is 5.45. The molecule has 18 heavy (non-hydrogen) atoms. The number of carbonyl (C=O) groups is 1. The number of carbonyl (C=O) groups excluding carboxylic acids is 1. The predicted octanol–water partition coefficient (Wildman–Crippen LogP) is 1.52. The largest absolute Gasteiger partial charge is 0.391 e. The summed E-state index contributed by atoms with van der Waals surface area (Å²) in [7, 11) is 0. The van der Waals surface area contributed by atoms with E-state index in [0.717, 1.165) is 13.0 Å². The highest BCUT2D eigenvalue weighted by Crippen LogP contribution is 2.21. The van der Waals surface area contributed by atoms with Crippen LogP contribution in [0.3, 0.4) is 0 Å². The lowest BCUT2D eigenvalue weighted by Crippen LogP contribution is -2.45. The summed E-state index contributed by atoms with van der Waals surface area (Å²) in [5, 5.41) is 17.9. The Kier molecular flexibility index (Phi) is 6.38. The number of β-amino-alcohol motifs (C(OH)–C–C–N with tert-alkyl or cyclic N) is 1. The van der Waals surface area contributed by atoms with E-state index in [-0.39, 0.29) is 30.3 Å². The molecule has 0 radical (unpaired) electrons. The topological polar surface area (TPSA) is 61.4 Å². The van der Waals surface area contributed by atoms with Crippen LogP contribution in [0.4, 0.5) is 0 Å². The van der Waals surface area contributed by atoms with Gasteiger partial charge in [-0.2, -0.15) is 0 Å². The van der Waals surface area contributed by atoms with Crippen LogP contribution in [0.2, 0.25) is 5.02 Å². The summed E-state index contributed by atoms with van der Waals surface area (Å²) in [6, 6.07) is 1.71. The van der Waals surface area contributed by atoms with E-state index in [1.165, 1.54) is 11.3 Å². The molecule has 2 rings (SSSR count). The third-order valence-corrected chi connectivity index (χ3v) is 4.28. The zero-order chi connectivity index (χ0) is 12.3. The second-order valence-electron chi connectivity index (χ2n) is 4.13. The van der Waals surface area contributed by atoms with E-state index < -0.39 is 0 Å². The Morgan fingerprint density at radius 2 is 2.44 bits per heavy atom. The van der Waals surface area contributed by atoms with Crippen LogP contribution in [0.1, 0.15) is 16.1 Å². The van der Waals surface area contributed by atoms with Gasteiger partial charge >= 0.3 is 0 Å². The van der Waals surface area contributed by atoms with Crippen LogP contribution in [0.15, 0.2) is 11.4 Å². The van der Waals surface area contributed by atoms with E-state index in [9.17, 15) is 9.90 Å². The molecule has 2 heterocycles. The maximum absolute atomic E-state index is 11.8. The van der Waals surface area contributed by atoms with Crippen molar-refractivity contribution >= 4 is 41.3 Å². The fourth-order valence-corrected chi connectivity index (χ4v) is 2.95. The Bertz CT molecular complexity index is 400. The van der Waals surface area contributed by atoms with Crippen molar-refractivity contribution in [2.24, 2.45) is 5.92 Å². The number of piperidine rings is 1. The van der Waals surface area contributed by atoms with Crippen LogP contribution in [0.25, 0.3) is 0 Å². The minimum atomic E-state index is -0.386. The van der Waals surface area contributed by atoms with Gasteiger partial charge in [-0.15, -0.1) is 23.7 Å². The van der Waals surface area contributed by atoms with Gasteiger partial charge in [0.15, 0.2) is 0 Å². The normalized spacial score (nSPS) is 23.2. The van der Waals surface area contributed by atoms with Gasteiger partial charge in [0.05, 0.1) is 11.1 Å². The summed E-state index contributed by atoms with van der Waals surface area (Å²) >= 11 is 7.20. The summed E-state index contributed by atoms with van der Waals surface area (Å²) in [6.07, 6.45) is 0.488. The van der Waals surface area contributed by atoms with Gasteiger partial charge in [-0.3, -0.25) is 4.79 Å². The predicted molar refractivity (Wildman–Crippen MR) is 75.9 cm³/mol. The maximum Gasteiger partial charge on any atom is 0.262 e. The molecule has 4 nitrogen and oxygen atoms in total. The van der Waals surface area contributed by atoms with Gasteiger partial charge in [0.2, 0.25) is 0 Å². The first kappa shape index (κ1) is 15.7. The highest BCUT2D eigenvalue weighted by atomic mass is 35.5. The Morgan fingerprint density at radius 3 is 3.06 bits per heavy atom. The van der Waals surface area contributed by atoms with Crippen molar-refractivity contribution < 1.29 is 9.90 Å². The monoisotopic (exact) mass is 310 g/mol. The first-order valence-corrected chi connectivity index (χ1v) is 6.84. The SMILES string of the molecule is Cl.O=C(NC[C@@H]1CCNC[C@H]1O)c1sccc1Cl. The Morgan fingerprint density at radius 1 is 1.67 bits per heavy atom. The average molecular weight is 311 g/mol. The number of aliphatic hydroxyl groups is 1. The molecule has 0 bridgehead atoms. The van der Waals surface area contributed by atoms with Crippen molar-refractivity contribution in [3.8, 4) is 0 Å². The number of hydrogen-bond acceptors (Lipinski definition) is 4. The standard InChI is InChI=1S/C11H15ClN2O2S.ClH/c12-8-2-4-17-10(8)11(16)14-5-7-1-3-13-6-9(7)15;/h2,4,7,9,13,15H,1,3,5-6H2,(H,14,16);1H/t7-,9+;/m0./s1. The van der Waals surface area contributed by atoms with Gasteiger partial charge in [0, 0.05) is 19.0 Å². The van der Waals surface area contributed by atoms with E-state index in [1.54, 1.807) is 11.4 Å². The third kappa shape index (κ3) is 3.83. The molecule has 0 saturated carbocycles. The lowest BCUT2D eigenvalue weighted by Gasteiger charge is -2.28. The molecule has 2 atom stereocenters. The lowest BCUT2D eigenvalue weighted by molar-refractivity contribution is 0.0755. The minimum absolute atomic E-state index is 0. The Balaban J connectivity index is 0.00000162. The fourth-order valence-electron chi connectivity index (χ4n) is 1.89. The Labute approximate surface area is 121 Å². The molecule has 0 unspecified atom stereocenters. The van der Waals surface area contributed by atoms with Gasteiger partial charge < -0.3 is 15.7 Å². The van der Waals surface area contributed by atoms with Crippen molar-refractivity contribution in [1.82, 2.24) is 10.6 Å². The lowest BCUT2D eigenvalue weighted by atomic mass is 9.95. The summed E-state index contributed by atoms with van der Waals surface area (Å²) in [5.74, 6) is -0.0327. The number of hydrogen-bond donors (Lipinski definition) is 3. The van der Waals surface area contributed by atoms with Gasteiger partial charge in [-0.1, -0.05) is 11.6 Å². The first-order chi connectivity index (χ1) is 8.18. The van der Waals surface area contributed by atoms with Gasteiger partial charge in [-0.05, 0) is 24.4 Å². The fraction of sp³-hybridized carbons (Fsp3) is 0.545. The first-order valence-electron chi connectivity index (χ1n) is 5.58. The number of thiophene rings is 1. The van der Waals surface area contributed by atoms with Crippen molar-refractivity contribution in [3.63, 3.8) is 0 Å². The number of rotatable bonds is 3. The summed E-state index contributed by atoms with van der Waals surface area (Å²) in [6.45, 7) is 1.98. The number of halogens is 2. The molecular weight excluding hydrogens is 295 g/mol. The molecule has 0 spiro atoms. The zero-order valence-electron chi connectivity index (χ0n) is 9.69. The molecule has 0 aliphatic carbocycles. The molecule has 3 N–H and O–H groups in total. The minimum Gasteiger partial charge on any atom is -0.391 e. The number of amides is 1. The van der Waals surface area contributed by atoms with E-state index in [2.05, 4.69) is 10.6 Å². The molecule has 7 heteroatoms. The highest BCUT2D eigenvalue weighted by Gasteiger charge is 2.23. The van der Waals surface area contributed by atoms with Crippen LogP contribution in [-0.4, -0.2) is 36.8 Å². The van der Waals surface area contributed by atoms with Gasteiger partial charge in [-0.25, -0.2) is 0 Å². The van der Waals surface area contributed by atoms with Crippen LogP contribution in [-0.2, 0) is 0 Å². The van der Waals surface area contributed by atoms with Gasteiger partial charge in [0.1, 0.15) is 4.88 Å². The van der Waals surface area contributed by atoms with Crippen molar-refractivity contribution in [2.75, 3.05) is 19.6 Å². The van der Waals surface area contributed by atoms with E-state index in [0.29, 0.717) is 23.0 Å². The molecule has 0 aromatic carbocycles. The van der Waals surface area contributed by atoms with E-state index >= 15 is 0 Å². The quantitative estimate of drug-likeness (QED) is 0.793.